The number of alkyl halides is 3. The van der Waals surface area contributed by atoms with Gasteiger partial charge in [-0.05, 0) is 47.7 Å². The van der Waals surface area contributed by atoms with Gasteiger partial charge in [0.15, 0.2) is 0 Å². The number of carbonyl (C=O) groups excluding carboxylic acids is 3. The Hall–Kier alpha value is -3.91. The van der Waals surface area contributed by atoms with Crippen LogP contribution in [0.15, 0.2) is 47.4 Å². The van der Waals surface area contributed by atoms with Crippen molar-refractivity contribution in [2.75, 3.05) is 32.8 Å². The van der Waals surface area contributed by atoms with Crippen LogP contribution in [0.1, 0.15) is 11.1 Å². The van der Waals surface area contributed by atoms with Crippen molar-refractivity contribution in [3.05, 3.63) is 68.6 Å². The minimum Gasteiger partial charge on any atom is -0.450 e. The Bertz CT molecular complexity index is 1290. The second-order valence-corrected chi connectivity index (χ2v) is 8.87. The van der Waals surface area contributed by atoms with Gasteiger partial charge >= 0.3 is 11.9 Å². The number of halogens is 3. The second kappa shape index (κ2) is 10.6. The topological polar surface area (TPSA) is 119 Å². The van der Waals surface area contributed by atoms with E-state index in [1.807, 2.05) is 0 Å². The maximum atomic E-state index is 12.9. The molecule has 194 valence electrons. The summed E-state index contributed by atoms with van der Waals surface area (Å²) >= 11 is 0.652. The highest BCUT2D eigenvalue weighted by Gasteiger charge is 2.37. The van der Waals surface area contributed by atoms with E-state index < -0.39 is 45.8 Å². The average molecular weight is 537 g/mol. The Balaban J connectivity index is 1.50. The lowest BCUT2D eigenvalue weighted by molar-refractivity contribution is -0.385. The van der Waals surface area contributed by atoms with Crippen LogP contribution in [0.3, 0.4) is 0 Å². The summed E-state index contributed by atoms with van der Waals surface area (Å²) in [6.45, 7) is 1.09. The highest BCUT2D eigenvalue weighted by molar-refractivity contribution is 8.18. The van der Waals surface area contributed by atoms with Crippen LogP contribution >= 0.6 is 11.8 Å². The van der Waals surface area contributed by atoms with E-state index in [2.05, 4.69) is 0 Å². The van der Waals surface area contributed by atoms with E-state index in [1.165, 1.54) is 29.2 Å². The zero-order valence-corrected chi connectivity index (χ0v) is 19.7. The lowest BCUT2D eigenvalue weighted by Crippen LogP contribution is -2.46. The zero-order valence-electron chi connectivity index (χ0n) is 18.9. The molecule has 37 heavy (non-hydrogen) atoms. The number of benzene rings is 2. The predicted molar refractivity (Wildman–Crippen MR) is 125 cm³/mol. The first-order chi connectivity index (χ1) is 17.5. The minimum atomic E-state index is -4.76. The minimum absolute atomic E-state index is 0.0532. The van der Waals surface area contributed by atoms with Gasteiger partial charge in [-0.3, -0.25) is 29.4 Å². The molecule has 0 N–H and O–H groups in total. The Morgan fingerprint density at radius 3 is 2.57 bits per heavy atom. The number of hydrogen-bond acceptors (Lipinski definition) is 8. The Labute approximate surface area is 211 Å². The third-order valence-electron chi connectivity index (χ3n) is 5.40. The van der Waals surface area contributed by atoms with E-state index >= 15 is 0 Å². The molecule has 3 amide bonds. The normalized spacial score (nSPS) is 17.4. The molecule has 2 fully saturated rings. The fraction of sp³-hybridized carbons (Fsp3) is 0.261. The molecular formula is C23H18F3N3O7S. The van der Waals surface area contributed by atoms with E-state index in [1.54, 1.807) is 6.07 Å². The van der Waals surface area contributed by atoms with Crippen molar-refractivity contribution in [1.82, 2.24) is 9.80 Å². The molecule has 2 saturated heterocycles. The maximum Gasteiger partial charge on any atom is 0.416 e. The average Bonchev–Trinajstić information content (AvgIpc) is 3.11. The van der Waals surface area contributed by atoms with Gasteiger partial charge in [-0.1, -0.05) is 12.1 Å². The Kier molecular flexibility index (Phi) is 7.50. The number of morpholine rings is 1. The number of amides is 3. The van der Waals surface area contributed by atoms with Gasteiger partial charge < -0.3 is 14.4 Å². The molecule has 14 heteroatoms. The van der Waals surface area contributed by atoms with Gasteiger partial charge in [0.2, 0.25) is 11.7 Å². The van der Waals surface area contributed by atoms with Crippen molar-refractivity contribution in [2.24, 2.45) is 0 Å². The predicted octanol–water partition coefficient (Wildman–Crippen LogP) is 4.30. The van der Waals surface area contributed by atoms with E-state index in [4.69, 9.17) is 9.47 Å². The summed E-state index contributed by atoms with van der Waals surface area (Å²) in [6, 6.07) is 7.79. The van der Waals surface area contributed by atoms with Crippen LogP contribution in [-0.2, 0) is 20.5 Å². The Morgan fingerprint density at radius 2 is 1.89 bits per heavy atom. The molecule has 0 bridgehead atoms. The van der Waals surface area contributed by atoms with Gasteiger partial charge in [-0.15, -0.1) is 0 Å². The van der Waals surface area contributed by atoms with Crippen molar-refractivity contribution < 1.29 is 42.0 Å². The van der Waals surface area contributed by atoms with Crippen molar-refractivity contribution in [3.63, 3.8) is 0 Å². The number of nitro benzene ring substituents is 1. The zero-order chi connectivity index (χ0) is 26.7. The van der Waals surface area contributed by atoms with Gasteiger partial charge in [0, 0.05) is 19.2 Å². The fourth-order valence-electron chi connectivity index (χ4n) is 3.55. The van der Waals surface area contributed by atoms with Crippen LogP contribution in [0.4, 0.5) is 23.7 Å². The molecule has 0 saturated carbocycles. The summed E-state index contributed by atoms with van der Waals surface area (Å²) in [5, 5.41) is 10.7. The molecule has 0 aromatic heterocycles. The van der Waals surface area contributed by atoms with Gasteiger partial charge in [0.05, 0.1) is 28.6 Å². The number of ether oxygens (including phenoxy) is 2. The quantitative estimate of drug-likeness (QED) is 0.304. The number of nitrogens with zero attached hydrogens (tertiary/aromatic N) is 3. The van der Waals surface area contributed by atoms with Crippen LogP contribution in [0.2, 0.25) is 0 Å². The molecular weight excluding hydrogens is 519 g/mol. The van der Waals surface area contributed by atoms with Gasteiger partial charge in [0.25, 0.3) is 11.1 Å². The van der Waals surface area contributed by atoms with Crippen LogP contribution in [0.5, 0.6) is 11.5 Å². The molecule has 2 heterocycles. The molecule has 0 aliphatic carbocycles. The highest BCUT2D eigenvalue weighted by atomic mass is 32.2. The standard InChI is InChI=1S/C23H18F3N3O7S/c24-23(25,26)15-4-5-18(17(12-15)29(33)34)36-16-3-1-2-14(10-16)11-19-21(31)28(22(32)37-19)13-20(30)27-6-8-35-9-7-27/h1-5,10-12H,6-9,13H2/b19-11+. The first-order valence-electron chi connectivity index (χ1n) is 10.8. The van der Waals surface area contributed by atoms with Crippen molar-refractivity contribution >= 4 is 40.6 Å². The molecule has 10 nitrogen and oxygen atoms in total. The second-order valence-electron chi connectivity index (χ2n) is 7.87. The molecule has 0 spiro atoms. The monoisotopic (exact) mass is 537 g/mol. The lowest BCUT2D eigenvalue weighted by Gasteiger charge is -2.28. The van der Waals surface area contributed by atoms with Gasteiger partial charge in [-0.2, -0.15) is 13.2 Å². The summed E-state index contributed by atoms with van der Waals surface area (Å²) in [5.74, 6) is -1.38. The molecule has 2 aromatic rings. The van der Waals surface area contributed by atoms with Crippen LogP contribution < -0.4 is 4.74 Å². The Morgan fingerprint density at radius 1 is 1.16 bits per heavy atom. The summed E-state index contributed by atoms with van der Waals surface area (Å²) in [6.07, 6.45) is -3.38. The van der Waals surface area contributed by atoms with Crippen LogP contribution in [0.25, 0.3) is 6.08 Å². The third-order valence-corrected chi connectivity index (χ3v) is 6.30. The fourth-order valence-corrected chi connectivity index (χ4v) is 4.39. The van der Waals surface area contributed by atoms with E-state index in [0.717, 1.165) is 11.0 Å². The molecule has 2 aromatic carbocycles. The highest BCUT2D eigenvalue weighted by Crippen LogP contribution is 2.38. The molecule has 4 rings (SSSR count). The summed E-state index contributed by atoms with van der Waals surface area (Å²) in [4.78, 5) is 50.3. The summed E-state index contributed by atoms with van der Waals surface area (Å²) in [7, 11) is 0. The largest absolute Gasteiger partial charge is 0.450 e. The number of carbonyl (C=O) groups is 3. The number of nitro groups is 1. The maximum absolute atomic E-state index is 12.9. The number of hydrogen-bond donors (Lipinski definition) is 0. The van der Waals surface area contributed by atoms with Crippen LogP contribution in [-0.4, -0.2) is 64.6 Å². The SMILES string of the molecule is O=C(CN1C(=O)S/C(=C/c2cccc(Oc3ccc(C(F)(F)F)cc3[N+](=O)[O-])c2)C1=O)N1CCOCC1. The smallest absolute Gasteiger partial charge is 0.416 e. The van der Waals surface area contributed by atoms with E-state index in [0.29, 0.717) is 55.8 Å². The van der Waals surface area contributed by atoms with Gasteiger partial charge in [0.1, 0.15) is 12.3 Å². The molecule has 0 unspecified atom stereocenters. The lowest BCUT2D eigenvalue weighted by atomic mass is 10.1. The first-order valence-corrected chi connectivity index (χ1v) is 11.6. The number of thioether (sulfide) groups is 1. The summed E-state index contributed by atoms with van der Waals surface area (Å²) in [5.41, 5.74) is -1.67. The molecule has 2 aliphatic heterocycles. The third kappa shape index (κ3) is 6.09. The van der Waals surface area contributed by atoms with Crippen molar-refractivity contribution in [1.29, 1.82) is 0 Å². The number of imide groups is 1. The van der Waals surface area contributed by atoms with E-state index in [9.17, 15) is 37.7 Å². The summed E-state index contributed by atoms with van der Waals surface area (Å²) < 4.78 is 49.5. The van der Waals surface area contributed by atoms with Crippen LogP contribution in [0, 0.1) is 10.1 Å². The van der Waals surface area contributed by atoms with Crippen molar-refractivity contribution in [2.45, 2.75) is 6.18 Å². The number of rotatable bonds is 6. The van der Waals surface area contributed by atoms with Gasteiger partial charge in [-0.25, -0.2) is 0 Å². The first kappa shape index (κ1) is 26.2. The van der Waals surface area contributed by atoms with E-state index in [-0.39, 0.29) is 16.6 Å². The van der Waals surface area contributed by atoms with Crippen molar-refractivity contribution in [3.8, 4) is 11.5 Å². The molecule has 0 radical (unpaired) electrons. The molecule has 0 atom stereocenters. The molecule has 2 aliphatic rings.